The number of nitrogens with one attached hydrogen (secondary N) is 1. The summed E-state index contributed by atoms with van der Waals surface area (Å²) in [6.07, 6.45) is 0.413. The lowest BCUT2D eigenvalue weighted by Gasteiger charge is -2.17. The molecule has 0 aliphatic carbocycles. The van der Waals surface area contributed by atoms with Crippen LogP contribution in [-0.2, 0) is 0 Å². The Morgan fingerprint density at radius 3 is 2.69 bits per heavy atom. The Hall–Kier alpha value is -0.680. The van der Waals surface area contributed by atoms with Crippen molar-refractivity contribution < 1.29 is 5.11 Å². The third kappa shape index (κ3) is 2.93. The third-order valence-corrected chi connectivity index (χ3v) is 2.64. The van der Waals surface area contributed by atoms with Gasteiger partial charge in [-0.3, -0.25) is 0 Å². The fourth-order valence-electron chi connectivity index (χ4n) is 0.999. The summed E-state index contributed by atoms with van der Waals surface area (Å²) < 4.78 is 0. The summed E-state index contributed by atoms with van der Waals surface area (Å²) in [5.41, 5.74) is 0. The minimum Gasteiger partial charge on any atom is -0.391 e. The van der Waals surface area contributed by atoms with E-state index in [1.54, 1.807) is 0 Å². The average molecular weight is 201 g/mol. The number of rotatable bonds is 4. The van der Waals surface area contributed by atoms with Gasteiger partial charge in [-0.05, 0) is 20.3 Å². The lowest BCUT2D eigenvalue weighted by molar-refractivity contribution is 0.154. The molecule has 1 heterocycles. The molecule has 0 saturated carbocycles. The topological polar surface area (TPSA) is 58.0 Å². The average Bonchev–Trinajstić information content (AvgIpc) is 2.49. The Morgan fingerprint density at radius 2 is 2.23 bits per heavy atom. The predicted octanol–water partition coefficient (Wildman–Crippen LogP) is 1.42. The number of aliphatic hydroxyl groups excluding tert-OH is 1. The van der Waals surface area contributed by atoms with Crippen LogP contribution in [0.1, 0.15) is 25.3 Å². The monoisotopic (exact) mass is 201 g/mol. The number of hydrogen-bond acceptors (Lipinski definition) is 5. The highest BCUT2D eigenvalue weighted by atomic mass is 32.1. The zero-order chi connectivity index (χ0) is 9.84. The molecule has 4 nitrogen and oxygen atoms in total. The summed E-state index contributed by atoms with van der Waals surface area (Å²) in [5, 5.41) is 22.1. The summed E-state index contributed by atoms with van der Waals surface area (Å²) in [6, 6.07) is 0.0253. The van der Waals surface area contributed by atoms with Crippen molar-refractivity contribution in [3.05, 3.63) is 5.01 Å². The minimum atomic E-state index is -0.329. The molecule has 13 heavy (non-hydrogen) atoms. The Balaban J connectivity index is 2.49. The quantitative estimate of drug-likeness (QED) is 0.773. The van der Waals surface area contributed by atoms with Crippen LogP contribution in [0.5, 0.6) is 0 Å². The summed E-state index contributed by atoms with van der Waals surface area (Å²) in [5.74, 6) is 0. The SMILES string of the molecule is CCC(O)C(C)Nc1nnc(C)s1. The number of aromatic nitrogens is 2. The molecule has 2 unspecified atom stereocenters. The number of aliphatic hydroxyl groups is 1. The van der Waals surface area contributed by atoms with E-state index in [0.29, 0.717) is 0 Å². The van der Waals surface area contributed by atoms with Crippen molar-refractivity contribution in [3.63, 3.8) is 0 Å². The second-order valence-electron chi connectivity index (χ2n) is 3.03. The Bertz CT molecular complexity index is 264. The summed E-state index contributed by atoms with van der Waals surface area (Å²) >= 11 is 1.50. The van der Waals surface area contributed by atoms with Gasteiger partial charge in [0.1, 0.15) is 5.01 Å². The molecule has 1 rings (SSSR count). The molecule has 0 aromatic carbocycles. The van der Waals surface area contributed by atoms with Gasteiger partial charge >= 0.3 is 0 Å². The molecule has 0 amide bonds. The van der Waals surface area contributed by atoms with E-state index < -0.39 is 0 Å². The van der Waals surface area contributed by atoms with Gasteiger partial charge in [-0.2, -0.15) is 0 Å². The van der Waals surface area contributed by atoms with Crippen LogP contribution < -0.4 is 5.32 Å². The normalized spacial score (nSPS) is 15.4. The largest absolute Gasteiger partial charge is 0.391 e. The van der Waals surface area contributed by atoms with Gasteiger partial charge in [-0.15, -0.1) is 10.2 Å². The smallest absolute Gasteiger partial charge is 0.205 e. The molecule has 0 spiro atoms. The van der Waals surface area contributed by atoms with Crippen LogP contribution in [0.2, 0.25) is 0 Å². The highest BCUT2D eigenvalue weighted by molar-refractivity contribution is 7.15. The van der Waals surface area contributed by atoms with Gasteiger partial charge in [0, 0.05) is 0 Å². The highest BCUT2D eigenvalue weighted by Gasteiger charge is 2.12. The van der Waals surface area contributed by atoms with E-state index in [0.717, 1.165) is 16.6 Å². The van der Waals surface area contributed by atoms with Gasteiger partial charge in [0.15, 0.2) is 0 Å². The van der Waals surface area contributed by atoms with Crippen molar-refractivity contribution >= 4 is 16.5 Å². The van der Waals surface area contributed by atoms with Gasteiger partial charge in [-0.1, -0.05) is 18.3 Å². The highest BCUT2D eigenvalue weighted by Crippen LogP contribution is 2.15. The molecule has 0 fully saturated rings. The molecule has 1 aromatic rings. The van der Waals surface area contributed by atoms with Gasteiger partial charge < -0.3 is 10.4 Å². The van der Waals surface area contributed by atoms with E-state index in [1.807, 2.05) is 20.8 Å². The number of nitrogens with zero attached hydrogens (tertiary/aromatic N) is 2. The van der Waals surface area contributed by atoms with Crippen LogP contribution in [0.4, 0.5) is 5.13 Å². The minimum absolute atomic E-state index is 0.0253. The second kappa shape index (κ2) is 4.53. The van der Waals surface area contributed by atoms with Crippen LogP contribution >= 0.6 is 11.3 Å². The van der Waals surface area contributed by atoms with Gasteiger partial charge in [0.05, 0.1) is 12.1 Å². The van der Waals surface area contributed by atoms with E-state index in [1.165, 1.54) is 11.3 Å². The zero-order valence-corrected chi connectivity index (χ0v) is 8.93. The summed E-state index contributed by atoms with van der Waals surface area (Å²) in [7, 11) is 0. The van der Waals surface area contributed by atoms with Crippen LogP contribution in [-0.4, -0.2) is 27.4 Å². The first-order valence-electron chi connectivity index (χ1n) is 4.38. The Kier molecular flexibility index (Phi) is 3.62. The van der Waals surface area contributed by atoms with Crippen molar-refractivity contribution in [1.82, 2.24) is 10.2 Å². The lowest BCUT2D eigenvalue weighted by atomic mass is 10.1. The maximum Gasteiger partial charge on any atom is 0.205 e. The van der Waals surface area contributed by atoms with E-state index in [9.17, 15) is 5.11 Å². The summed E-state index contributed by atoms with van der Waals surface area (Å²) in [4.78, 5) is 0. The molecule has 2 atom stereocenters. The fourth-order valence-corrected chi connectivity index (χ4v) is 1.69. The van der Waals surface area contributed by atoms with Gasteiger partial charge in [0.2, 0.25) is 5.13 Å². The fraction of sp³-hybridized carbons (Fsp3) is 0.750. The molecule has 0 aliphatic rings. The van der Waals surface area contributed by atoms with E-state index >= 15 is 0 Å². The molecule has 0 radical (unpaired) electrons. The van der Waals surface area contributed by atoms with Gasteiger partial charge in [0.25, 0.3) is 0 Å². The van der Waals surface area contributed by atoms with E-state index in [-0.39, 0.29) is 12.1 Å². The van der Waals surface area contributed by atoms with Crippen molar-refractivity contribution in [3.8, 4) is 0 Å². The van der Waals surface area contributed by atoms with E-state index in [2.05, 4.69) is 15.5 Å². The molecule has 0 aliphatic heterocycles. The molecular formula is C8H15N3OS. The van der Waals surface area contributed by atoms with Gasteiger partial charge in [-0.25, -0.2) is 0 Å². The Labute approximate surface area is 82.0 Å². The van der Waals surface area contributed by atoms with Crippen molar-refractivity contribution in [1.29, 1.82) is 0 Å². The van der Waals surface area contributed by atoms with Crippen LogP contribution in [0.15, 0.2) is 0 Å². The number of anilines is 1. The molecule has 5 heteroatoms. The van der Waals surface area contributed by atoms with Crippen molar-refractivity contribution in [2.45, 2.75) is 39.3 Å². The van der Waals surface area contributed by atoms with Crippen molar-refractivity contribution in [2.75, 3.05) is 5.32 Å². The predicted molar refractivity (Wildman–Crippen MR) is 54.0 cm³/mol. The molecule has 2 N–H and O–H groups in total. The van der Waals surface area contributed by atoms with Crippen molar-refractivity contribution in [2.24, 2.45) is 0 Å². The first-order chi connectivity index (χ1) is 6.13. The first kappa shape index (κ1) is 10.4. The van der Waals surface area contributed by atoms with Crippen LogP contribution in [0, 0.1) is 6.92 Å². The summed E-state index contributed by atoms with van der Waals surface area (Å²) in [6.45, 7) is 5.79. The third-order valence-electron chi connectivity index (χ3n) is 1.87. The zero-order valence-electron chi connectivity index (χ0n) is 8.11. The standard InChI is InChI=1S/C8H15N3OS/c1-4-7(12)5(2)9-8-11-10-6(3)13-8/h5,7,12H,4H2,1-3H3,(H,9,11). The second-order valence-corrected chi connectivity index (χ2v) is 4.22. The van der Waals surface area contributed by atoms with Crippen LogP contribution in [0.25, 0.3) is 0 Å². The maximum absolute atomic E-state index is 9.49. The lowest BCUT2D eigenvalue weighted by Crippen LogP contribution is -2.29. The molecule has 0 bridgehead atoms. The molecule has 1 aromatic heterocycles. The Morgan fingerprint density at radius 1 is 1.54 bits per heavy atom. The molecule has 74 valence electrons. The van der Waals surface area contributed by atoms with E-state index in [4.69, 9.17) is 0 Å². The molecule has 0 saturated heterocycles. The number of aryl methyl sites for hydroxylation is 1. The molecular weight excluding hydrogens is 186 g/mol. The maximum atomic E-state index is 9.49. The number of hydrogen-bond donors (Lipinski definition) is 2. The first-order valence-corrected chi connectivity index (χ1v) is 5.19. The van der Waals surface area contributed by atoms with Crippen LogP contribution in [0.3, 0.4) is 0 Å².